The number of hydrogen-bond acceptors (Lipinski definition) is 5. The number of benzene rings is 6. The molecule has 0 amide bonds. The molecule has 250 valence electrons. The van der Waals surface area contributed by atoms with Gasteiger partial charge in [-0.3, -0.25) is 4.57 Å². The third-order valence-electron chi connectivity index (χ3n) is 10.9. The Kier molecular flexibility index (Phi) is 6.20. The molecule has 6 nitrogen and oxygen atoms in total. The van der Waals surface area contributed by atoms with E-state index >= 15 is 0 Å². The van der Waals surface area contributed by atoms with Crippen LogP contribution in [0.15, 0.2) is 156 Å². The van der Waals surface area contributed by atoms with Crippen molar-refractivity contribution in [1.82, 2.24) is 24.5 Å². The van der Waals surface area contributed by atoms with Crippen molar-refractivity contribution in [3.63, 3.8) is 0 Å². The molecule has 0 N–H and O–H groups in total. The molecule has 10 aromatic rings. The SMILES string of the molecule is CC1(C)c2ccccc2-c2c1c(-c1ccc(-c3nc(-c4ccccc4)nc(-n4c5ccccc5c5ccccc54)n3)cc1)nc1c2oc2ccccc21. The monoisotopic (exact) mass is 681 g/mol. The molecule has 0 radical (unpaired) electrons. The van der Waals surface area contributed by atoms with Crippen molar-refractivity contribution >= 4 is 43.9 Å². The molecule has 0 atom stereocenters. The molecule has 6 heteroatoms. The molecular weight excluding hydrogens is 651 g/mol. The smallest absolute Gasteiger partial charge is 0.238 e. The van der Waals surface area contributed by atoms with Crippen LogP contribution in [0.5, 0.6) is 0 Å². The zero-order valence-corrected chi connectivity index (χ0v) is 29.1. The minimum atomic E-state index is -0.282. The van der Waals surface area contributed by atoms with Crippen LogP contribution in [0.25, 0.3) is 95.0 Å². The molecule has 0 saturated carbocycles. The molecule has 1 aliphatic carbocycles. The van der Waals surface area contributed by atoms with Crippen LogP contribution in [-0.4, -0.2) is 24.5 Å². The van der Waals surface area contributed by atoms with Gasteiger partial charge < -0.3 is 4.42 Å². The first kappa shape index (κ1) is 29.8. The van der Waals surface area contributed by atoms with E-state index in [9.17, 15) is 0 Å². The summed E-state index contributed by atoms with van der Waals surface area (Å²) in [7, 11) is 0. The van der Waals surface area contributed by atoms with E-state index in [0.717, 1.165) is 71.8 Å². The molecular formula is C47H31N5O. The Balaban J connectivity index is 1.11. The van der Waals surface area contributed by atoms with Crippen molar-refractivity contribution < 1.29 is 4.42 Å². The van der Waals surface area contributed by atoms with E-state index in [1.807, 2.05) is 48.5 Å². The van der Waals surface area contributed by atoms with Gasteiger partial charge in [-0.2, -0.15) is 9.97 Å². The highest BCUT2D eigenvalue weighted by atomic mass is 16.3. The fourth-order valence-electron chi connectivity index (χ4n) is 8.39. The first-order valence-electron chi connectivity index (χ1n) is 17.9. The maximum atomic E-state index is 6.57. The fourth-order valence-corrected chi connectivity index (χ4v) is 8.39. The highest BCUT2D eigenvalue weighted by molar-refractivity contribution is 6.11. The standard InChI is InChI=1S/C47H31N5O/c1-47(2)35-20-10-6-18-33(35)39-40(47)41(48-42-34-19-9-13-23-38(34)53-43(39)42)28-24-26-30(27-25-28)45-49-44(29-14-4-3-5-15-29)50-46(51-45)52-36-21-11-7-16-31(36)32-17-8-12-22-37(32)52/h3-27H,1-2H3. The molecule has 11 rings (SSSR count). The van der Waals surface area contributed by atoms with Gasteiger partial charge in [0.1, 0.15) is 11.1 Å². The molecule has 0 aliphatic heterocycles. The zero-order valence-electron chi connectivity index (χ0n) is 29.1. The average molecular weight is 682 g/mol. The lowest BCUT2D eigenvalue weighted by Gasteiger charge is -2.24. The van der Waals surface area contributed by atoms with Crippen LogP contribution in [0, 0.1) is 0 Å². The molecule has 4 heterocycles. The lowest BCUT2D eigenvalue weighted by Crippen LogP contribution is -2.17. The van der Waals surface area contributed by atoms with E-state index < -0.39 is 0 Å². The van der Waals surface area contributed by atoms with Crippen LogP contribution < -0.4 is 0 Å². The highest BCUT2D eigenvalue weighted by Crippen LogP contribution is 2.55. The number of pyridine rings is 1. The van der Waals surface area contributed by atoms with Crippen molar-refractivity contribution in [2.24, 2.45) is 0 Å². The maximum absolute atomic E-state index is 6.57. The third-order valence-corrected chi connectivity index (χ3v) is 10.9. The number of rotatable bonds is 4. The van der Waals surface area contributed by atoms with E-state index in [1.54, 1.807) is 0 Å². The summed E-state index contributed by atoms with van der Waals surface area (Å²) in [6.07, 6.45) is 0. The van der Waals surface area contributed by atoms with E-state index in [1.165, 1.54) is 16.7 Å². The highest BCUT2D eigenvalue weighted by Gasteiger charge is 2.41. The molecule has 4 aromatic heterocycles. The summed E-state index contributed by atoms with van der Waals surface area (Å²) in [5.41, 5.74) is 13.0. The van der Waals surface area contributed by atoms with Gasteiger partial charge in [-0.15, -0.1) is 0 Å². The van der Waals surface area contributed by atoms with Crippen molar-refractivity contribution in [3.05, 3.63) is 163 Å². The molecule has 0 spiro atoms. The van der Waals surface area contributed by atoms with Crippen molar-refractivity contribution in [3.8, 4) is 51.1 Å². The third kappa shape index (κ3) is 4.33. The average Bonchev–Trinajstić information content (AvgIpc) is 3.84. The number of hydrogen-bond donors (Lipinski definition) is 0. The van der Waals surface area contributed by atoms with Gasteiger partial charge in [-0.25, -0.2) is 9.97 Å². The van der Waals surface area contributed by atoms with Gasteiger partial charge in [0.05, 0.1) is 16.7 Å². The number of fused-ring (bicyclic) bond motifs is 10. The second kappa shape index (κ2) is 11.0. The predicted molar refractivity (Wildman–Crippen MR) is 213 cm³/mol. The van der Waals surface area contributed by atoms with Crippen LogP contribution >= 0.6 is 0 Å². The molecule has 1 aliphatic rings. The normalized spacial score (nSPS) is 13.2. The van der Waals surface area contributed by atoms with Crippen LogP contribution in [0.3, 0.4) is 0 Å². The molecule has 0 unspecified atom stereocenters. The summed E-state index contributed by atoms with van der Waals surface area (Å²) in [5.74, 6) is 1.80. The maximum Gasteiger partial charge on any atom is 0.238 e. The Morgan fingerprint density at radius 2 is 1.08 bits per heavy atom. The van der Waals surface area contributed by atoms with Gasteiger partial charge in [-0.05, 0) is 35.4 Å². The molecule has 0 saturated heterocycles. The fraction of sp³-hybridized carbons (Fsp3) is 0.0638. The topological polar surface area (TPSA) is 69.6 Å². The van der Waals surface area contributed by atoms with Crippen molar-refractivity contribution in [2.45, 2.75) is 19.3 Å². The summed E-state index contributed by atoms with van der Waals surface area (Å²) in [4.78, 5) is 20.7. The molecule has 53 heavy (non-hydrogen) atoms. The van der Waals surface area contributed by atoms with E-state index in [0.29, 0.717) is 17.6 Å². The summed E-state index contributed by atoms with van der Waals surface area (Å²) >= 11 is 0. The van der Waals surface area contributed by atoms with Gasteiger partial charge in [0.25, 0.3) is 0 Å². The largest absolute Gasteiger partial charge is 0.454 e. The number of nitrogens with zero attached hydrogens (tertiary/aromatic N) is 5. The zero-order chi connectivity index (χ0) is 35.3. The van der Waals surface area contributed by atoms with Gasteiger partial charge in [0, 0.05) is 49.4 Å². The Morgan fingerprint density at radius 3 is 1.79 bits per heavy atom. The minimum absolute atomic E-state index is 0.282. The van der Waals surface area contributed by atoms with Gasteiger partial charge >= 0.3 is 0 Å². The summed E-state index contributed by atoms with van der Waals surface area (Å²) in [5, 5.41) is 3.33. The second-order valence-electron chi connectivity index (χ2n) is 14.3. The van der Waals surface area contributed by atoms with E-state index in [4.69, 9.17) is 24.4 Å². The van der Waals surface area contributed by atoms with Gasteiger partial charge in [-0.1, -0.05) is 141 Å². The summed E-state index contributed by atoms with van der Waals surface area (Å²) < 4.78 is 8.72. The number of furan rings is 1. The second-order valence-corrected chi connectivity index (χ2v) is 14.3. The molecule has 6 aromatic carbocycles. The lowest BCUT2D eigenvalue weighted by molar-refractivity contribution is 0.651. The first-order chi connectivity index (χ1) is 26.0. The Hall–Kier alpha value is -6.92. The van der Waals surface area contributed by atoms with Gasteiger partial charge in [0.2, 0.25) is 5.95 Å². The first-order valence-corrected chi connectivity index (χ1v) is 17.9. The van der Waals surface area contributed by atoms with Crippen LogP contribution in [0.1, 0.15) is 25.0 Å². The minimum Gasteiger partial charge on any atom is -0.454 e. The number of aromatic nitrogens is 5. The lowest BCUT2D eigenvalue weighted by atomic mass is 9.80. The van der Waals surface area contributed by atoms with Gasteiger partial charge in [0.15, 0.2) is 17.2 Å². The Morgan fingerprint density at radius 1 is 0.509 bits per heavy atom. The number of para-hydroxylation sites is 3. The predicted octanol–water partition coefficient (Wildman–Crippen LogP) is 11.6. The summed E-state index contributed by atoms with van der Waals surface area (Å²) in [6.45, 7) is 4.58. The van der Waals surface area contributed by atoms with Crippen LogP contribution in [-0.2, 0) is 5.41 Å². The van der Waals surface area contributed by atoms with Crippen LogP contribution in [0.4, 0.5) is 0 Å². The molecule has 0 bridgehead atoms. The molecule has 0 fully saturated rings. The van der Waals surface area contributed by atoms with Crippen molar-refractivity contribution in [1.29, 1.82) is 0 Å². The Labute approximate surface area is 305 Å². The summed E-state index contributed by atoms with van der Waals surface area (Å²) in [6, 6.07) is 52.3. The van der Waals surface area contributed by atoms with Crippen molar-refractivity contribution in [2.75, 3.05) is 0 Å². The Bertz CT molecular complexity index is 3030. The van der Waals surface area contributed by atoms with E-state index in [-0.39, 0.29) is 5.41 Å². The van der Waals surface area contributed by atoms with E-state index in [2.05, 4.69) is 122 Å². The quantitative estimate of drug-likeness (QED) is 0.185. The van der Waals surface area contributed by atoms with Crippen LogP contribution in [0.2, 0.25) is 0 Å².